The van der Waals surface area contributed by atoms with Gasteiger partial charge in [-0.3, -0.25) is 14.2 Å². The lowest BCUT2D eigenvalue weighted by atomic mass is 9.98. The summed E-state index contributed by atoms with van der Waals surface area (Å²) in [6.07, 6.45) is 3.44. The number of thiazole rings is 1. The van der Waals surface area contributed by atoms with Crippen molar-refractivity contribution in [1.82, 2.24) is 19.4 Å². The van der Waals surface area contributed by atoms with E-state index in [1.807, 2.05) is 35.2 Å². The Morgan fingerprint density at radius 2 is 1.90 bits per heavy atom. The monoisotopic (exact) mass is 404 g/mol. The predicted molar refractivity (Wildman–Crippen MR) is 114 cm³/mol. The van der Waals surface area contributed by atoms with Crippen molar-refractivity contribution in [2.75, 3.05) is 13.1 Å². The van der Waals surface area contributed by atoms with Gasteiger partial charge in [0.1, 0.15) is 6.54 Å². The molecule has 4 aromatic rings. The van der Waals surface area contributed by atoms with Gasteiger partial charge in [-0.25, -0.2) is 9.97 Å². The highest BCUT2D eigenvalue weighted by molar-refractivity contribution is 7.18. The van der Waals surface area contributed by atoms with Gasteiger partial charge in [0.2, 0.25) is 5.91 Å². The Hall–Kier alpha value is -3.06. The van der Waals surface area contributed by atoms with E-state index in [0.29, 0.717) is 17.4 Å². The van der Waals surface area contributed by atoms with Crippen LogP contribution in [0.5, 0.6) is 0 Å². The van der Waals surface area contributed by atoms with Gasteiger partial charge in [0.15, 0.2) is 0 Å². The molecule has 0 aliphatic carbocycles. The third kappa shape index (κ3) is 3.42. The van der Waals surface area contributed by atoms with Crippen LogP contribution in [0.25, 0.3) is 21.1 Å². The number of fused-ring (bicyclic) bond motifs is 2. The molecule has 7 heteroatoms. The molecule has 2 aromatic heterocycles. The standard InChI is InChI=1S/C22H20N4O2S/c27-20(13-26-14-23-17-8-2-1-7-16(17)22(26)28)25-11-5-6-15(12-25)21-24-18-9-3-4-10-19(18)29-21/h1-4,7-10,14-15H,5-6,11-13H2/t15-/m0/s1. The van der Waals surface area contributed by atoms with E-state index in [1.165, 1.54) is 15.6 Å². The second-order valence-electron chi connectivity index (χ2n) is 7.39. The van der Waals surface area contributed by atoms with E-state index in [2.05, 4.69) is 11.1 Å². The van der Waals surface area contributed by atoms with Gasteiger partial charge >= 0.3 is 0 Å². The largest absolute Gasteiger partial charge is 0.340 e. The maximum atomic E-state index is 12.9. The molecule has 1 saturated heterocycles. The molecule has 1 atom stereocenters. The Bertz CT molecular complexity index is 1230. The lowest BCUT2D eigenvalue weighted by Gasteiger charge is -2.32. The molecular weight excluding hydrogens is 384 g/mol. The SMILES string of the molecule is O=C(Cn1cnc2ccccc2c1=O)N1CCC[C@H](c2nc3ccccc3s2)C1. The molecule has 0 N–H and O–H groups in total. The lowest BCUT2D eigenvalue weighted by molar-refractivity contribution is -0.133. The van der Waals surface area contributed by atoms with Crippen LogP contribution in [0, 0.1) is 0 Å². The summed E-state index contributed by atoms with van der Waals surface area (Å²) in [6, 6.07) is 15.3. The van der Waals surface area contributed by atoms with Crippen molar-refractivity contribution in [1.29, 1.82) is 0 Å². The fourth-order valence-corrected chi connectivity index (χ4v) is 5.03. The number of aromatic nitrogens is 3. The van der Waals surface area contributed by atoms with Crippen molar-refractivity contribution in [3.05, 3.63) is 70.2 Å². The third-order valence-electron chi connectivity index (χ3n) is 5.47. The second kappa shape index (κ2) is 7.40. The van der Waals surface area contributed by atoms with Gasteiger partial charge in [-0.1, -0.05) is 24.3 Å². The summed E-state index contributed by atoms with van der Waals surface area (Å²) in [5.74, 6) is 0.201. The quantitative estimate of drug-likeness (QED) is 0.525. The van der Waals surface area contributed by atoms with Crippen molar-refractivity contribution < 1.29 is 4.79 Å². The highest BCUT2D eigenvalue weighted by Gasteiger charge is 2.27. The Labute approximate surface area is 171 Å². The smallest absolute Gasteiger partial charge is 0.261 e. The van der Waals surface area contributed by atoms with Crippen LogP contribution in [-0.2, 0) is 11.3 Å². The first-order valence-electron chi connectivity index (χ1n) is 9.76. The molecule has 6 nitrogen and oxygen atoms in total. The van der Waals surface area contributed by atoms with Crippen molar-refractivity contribution in [2.45, 2.75) is 25.3 Å². The van der Waals surface area contributed by atoms with Crippen molar-refractivity contribution in [2.24, 2.45) is 0 Å². The number of likely N-dealkylation sites (tertiary alicyclic amines) is 1. The molecule has 146 valence electrons. The highest BCUT2D eigenvalue weighted by Crippen LogP contribution is 2.33. The number of hydrogen-bond donors (Lipinski definition) is 0. The van der Waals surface area contributed by atoms with Crippen LogP contribution in [0.3, 0.4) is 0 Å². The van der Waals surface area contributed by atoms with E-state index in [-0.39, 0.29) is 23.9 Å². The number of hydrogen-bond acceptors (Lipinski definition) is 5. The van der Waals surface area contributed by atoms with E-state index in [4.69, 9.17) is 4.98 Å². The maximum absolute atomic E-state index is 12.9. The maximum Gasteiger partial charge on any atom is 0.261 e. The molecule has 2 aromatic carbocycles. The van der Waals surface area contributed by atoms with E-state index >= 15 is 0 Å². The number of rotatable bonds is 3. The molecule has 1 aliphatic heterocycles. The number of piperidine rings is 1. The van der Waals surface area contributed by atoms with Crippen LogP contribution in [0.1, 0.15) is 23.8 Å². The van der Waals surface area contributed by atoms with Gasteiger partial charge in [-0.05, 0) is 37.1 Å². The van der Waals surface area contributed by atoms with Crippen LogP contribution in [-0.4, -0.2) is 38.4 Å². The molecule has 0 bridgehead atoms. The van der Waals surface area contributed by atoms with Gasteiger partial charge in [0, 0.05) is 19.0 Å². The normalized spacial score (nSPS) is 17.1. The van der Waals surface area contributed by atoms with Crippen LogP contribution < -0.4 is 5.56 Å². The number of nitrogens with zero attached hydrogens (tertiary/aromatic N) is 4. The van der Waals surface area contributed by atoms with Crippen LogP contribution in [0.2, 0.25) is 0 Å². The van der Waals surface area contributed by atoms with Gasteiger partial charge in [0.05, 0.1) is 32.5 Å². The molecular formula is C22H20N4O2S. The molecule has 29 heavy (non-hydrogen) atoms. The molecule has 5 rings (SSSR count). The van der Waals surface area contributed by atoms with Gasteiger partial charge < -0.3 is 4.90 Å². The first-order chi connectivity index (χ1) is 14.2. The second-order valence-corrected chi connectivity index (χ2v) is 8.46. The Balaban J connectivity index is 1.35. The summed E-state index contributed by atoms with van der Waals surface area (Å²) in [6.45, 7) is 1.38. The molecule has 1 fully saturated rings. The van der Waals surface area contributed by atoms with Crippen molar-refractivity contribution >= 4 is 38.4 Å². The van der Waals surface area contributed by atoms with Crippen molar-refractivity contribution in [3.8, 4) is 0 Å². The minimum atomic E-state index is -0.177. The van der Waals surface area contributed by atoms with Gasteiger partial charge in [0.25, 0.3) is 5.56 Å². The third-order valence-corrected chi connectivity index (χ3v) is 6.67. The van der Waals surface area contributed by atoms with Gasteiger partial charge in [-0.15, -0.1) is 11.3 Å². The van der Waals surface area contributed by atoms with E-state index in [9.17, 15) is 9.59 Å². The van der Waals surface area contributed by atoms with E-state index < -0.39 is 0 Å². The fourth-order valence-electron chi connectivity index (χ4n) is 3.93. The van der Waals surface area contributed by atoms with Crippen LogP contribution in [0.4, 0.5) is 0 Å². The first kappa shape index (κ1) is 18.0. The zero-order valence-corrected chi connectivity index (χ0v) is 16.6. The average molecular weight is 404 g/mol. The molecule has 0 unspecified atom stereocenters. The average Bonchev–Trinajstić information content (AvgIpc) is 3.20. The summed E-state index contributed by atoms with van der Waals surface area (Å²) in [5.41, 5.74) is 1.49. The molecule has 1 amide bonds. The summed E-state index contributed by atoms with van der Waals surface area (Å²) >= 11 is 1.71. The van der Waals surface area contributed by atoms with Crippen molar-refractivity contribution in [3.63, 3.8) is 0 Å². The molecule has 0 radical (unpaired) electrons. The minimum Gasteiger partial charge on any atom is -0.340 e. The predicted octanol–water partition coefficient (Wildman–Crippen LogP) is 3.41. The molecule has 0 spiro atoms. The number of benzene rings is 2. The summed E-state index contributed by atoms with van der Waals surface area (Å²) in [7, 11) is 0. The molecule has 3 heterocycles. The molecule has 0 saturated carbocycles. The topological polar surface area (TPSA) is 68.1 Å². The minimum absolute atomic E-state index is 0.0171. The lowest BCUT2D eigenvalue weighted by Crippen LogP contribution is -2.42. The summed E-state index contributed by atoms with van der Waals surface area (Å²) in [5, 5.41) is 1.63. The number of carbonyl (C=O) groups excluding carboxylic acids is 1. The zero-order chi connectivity index (χ0) is 19.8. The first-order valence-corrected chi connectivity index (χ1v) is 10.6. The van der Waals surface area contributed by atoms with Gasteiger partial charge in [-0.2, -0.15) is 0 Å². The molecule has 1 aliphatic rings. The number of para-hydroxylation sites is 2. The Kier molecular flexibility index (Phi) is 4.60. The fraction of sp³-hybridized carbons (Fsp3) is 0.273. The van der Waals surface area contributed by atoms with E-state index in [0.717, 1.165) is 29.9 Å². The summed E-state index contributed by atoms with van der Waals surface area (Å²) in [4.78, 5) is 36.6. The summed E-state index contributed by atoms with van der Waals surface area (Å²) < 4.78 is 2.59. The zero-order valence-electron chi connectivity index (χ0n) is 15.8. The van der Waals surface area contributed by atoms with Crippen LogP contribution in [0.15, 0.2) is 59.7 Å². The van der Waals surface area contributed by atoms with Crippen LogP contribution >= 0.6 is 11.3 Å². The van der Waals surface area contributed by atoms with E-state index in [1.54, 1.807) is 23.5 Å². The Morgan fingerprint density at radius 3 is 2.76 bits per heavy atom. The number of amides is 1. The highest BCUT2D eigenvalue weighted by atomic mass is 32.1. The number of carbonyl (C=O) groups is 1. The Morgan fingerprint density at radius 1 is 1.10 bits per heavy atom.